The maximum atomic E-state index is 2.59. The van der Waals surface area contributed by atoms with Crippen molar-refractivity contribution in [2.24, 2.45) is 32.5 Å². The third kappa shape index (κ3) is 6.40. The minimum Gasteiger partial charge on any atom is -0.0883 e. The van der Waals surface area contributed by atoms with Gasteiger partial charge in [0.2, 0.25) is 0 Å². The quantitative estimate of drug-likeness (QED) is 0.216. The smallest absolute Gasteiger partial charge is 0.00468 e. The Morgan fingerprint density at radius 1 is 0.405 bits per heavy atom. The van der Waals surface area contributed by atoms with Gasteiger partial charge in [-0.15, -0.1) is 0 Å². The van der Waals surface area contributed by atoms with E-state index < -0.39 is 0 Å². The minimum atomic E-state index is -0.0668. The maximum Gasteiger partial charge on any atom is -0.00468 e. The normalized spacial score (nSPS) is 15.7. The number of allylic oxidation sites excluding steroid dienone is 4. The van der Waals surface area contributed by atoms with E-state index in [0.29, 0.717) is 0 Å². The van der Waals surface area contributed by atoms with E-state index in [4.69, 9.17) is 0 Å². The zero-order chi connectivity index (χ0) is 33.6. The minimum absolute atomic E-state index is 0.00122. The van der Waals surface area contributed by atoms with E-state index in [1.54, 1.807) is 0 Å². The van der Waals surface area contributed by atoms with Crippen molar-refractivity contribution in [3.05, 3.63) is 59.2 Å². The van der Waals surface area contributed by atoms with Gasteiger partial charge in [0.15, 0.2) is 0 Å². The van der Waals surface area contributed by atoms with E-state index in [9.17, 15) is 0 Å². The summed E-state index contributed by atoms with van der Waals surface area (Å²) < 4.78 is 0. The van der Waals surface area contributed by atoms with Crippen LogP contribution in [0.3, 0.4) is 0 Å². The van der Waals surface area contributed by atoms with Crippen LogP contribution < -0.4 is 0 Å². The highest BCUT2D eigenvalue weighted by atomic mass is 14.6. The highest BCUT2D eigenvalue weighted by molar-refractivity contribution is 5.43. The van der Waals surface area contributed by atoms with Gasteiger partial charge in [-0.1, -0.05) is 188 Å². The predicted molar refractivity (Wildman–Crippen MR) is 193 cm³/mol. The van der Waals surface area contributed by atoms with Crippen LogP contribution in [0, 0.1) is 32.5 Å². The summed E-state index contributed by atoms with van der Waals surface area (Å²) >= 11 is 0. The molecule has 1 aromatic rings. The Morgan fingerprint density at radius 2 is 0.667 bits per heavy atom. The van der Waals surface area contributed by atoms with Gasteiger partial charge >= 0.3 is 0 Å². The first kappa shape index (κ1) is 38.7. The third-order valence-corrected chi connectivity index (χ3v) is 14.3. The molecule has 0 saturated heterocycles. The van der Waals surface area contributed by atoms with Crippen LogP contribution >= 0.6 is 0 Å². The average Bonchev–Trinajstić information content (AvgIpc) is 2.84. The highest BCUT2D eigenvalue weighted by Crippen LogP contribution is 2.62. The molecule has 0 aliphatic carbocycles. The fraction of sp³-hybridized carbons (Fsp3) is 0.762. The van der Waals surface area contributed by atoms with E-state index >= 15 is 0 Å². The predicted octanol–water partition coefficient (Wildman–Crippen LogP) is 13.6. The Balaban J connectivity index is 4.06. The first-order valence-electron chi connectivity index (χ1n) is 17.0. The van der Waals surface area contributed by atoms with E-state index in [2.05, 4.69) is 188 Å². The summed E-state index contributed by atoms with van der Waals surface area (Å²) in [7, 11) is 0. The molecule has 0 aliphatic rings. The molecule has 0 aromatic heterocycles. The standard InChI is InChI=1S/C42H74/c1-22-24-26-35(6,7)39(14,15)41(18,19)37(10,11)32-28-31(34(3,4)5)29-33(30-32)38(12,13)42(20,21)40(16,17)36(8,9)27-25-23-2/h24-30H,22-23H2,1-21H3/b26-24+,27-25+. The zero-order valence-electron chi connectivity index (χ0n) is 32.5. The molecule has 0 unspecified atom stereocenters. The molecule has 42 heavy (non-hydrogen) atoms. The van der Waals surface area contributed by atoms with Crippen molar-refractivity contribution in [3.8, 4) is 0 Å². The Bertz CT molecular complexity index is 1030. The molecule has 1 rings (SSSR count). The molecule has 1 aromatic carbocycles. The van der Waals surface area contributed by atoms with Crippen LogP contribution in [0.2, 0.25) is 0 Å². The van der Waals surface area contributed by atoms with Gasteiger partial charge in [0.25, 0.3) is 0 Å². The molecule has 0 atom stereocenters. The number of rotatable bonds is 12. The molecule has 0 heterocycles. The summed E-state index contributed by atoms with van der Waals surface area (Å²) in [6.45, 7) is 51.3. The summed E-state index contributed by atoms with van der Waals surface area (Å²) in [6.07, 6.45) is 11.8. The SMILES string of the molecule is CC/C=C/C(C)(C)C(C)(C)C(C)(C)C(C)(C)c1cc(C(C)(C)C)cc(C(C)(C)C(C)(C)C(C)(C)C(C)(C)/C=C/CC)c1. The summed E-state index contributed by atoms with van der Waals surface area (Å²) in [5.41, 5.74) is 4.48. The lowest BCUT2D eigenvalue weighted by molar-refractivity contribution is -0.0430. The number of hydrogen-bond acceptors (Lipinski definition) is 0. The third-order valence-electron chi connectivity index (χ3n) is 14.3. The monoisotopic (exact) mass is 579 g/mol. The van der Waals surface area contributed by atoms with Gasteiger partial charge < -0.3 is 0 Å². The Kier molecular flexibility index (Phi) is 11.0. The van der Waals surface area contributed by atoms with Crippen molar-refractivity contribution in [1.29, 1.82) is 0 Å². The van der Waals surface area contributed by atoms with Crippen LogP contribution in [0.15, 0.2) is 42.5 Å². The van der Waals surface area contributed by atoms with Gasteiger partial charge in [0, 0.05) is 0 Å². The molecule has 0 saturated carbocycles. The summed E-state index contributed by atoms with van der Waals surface area (Å²) in [5, 5.41) is 0. The van der Waals surface area contributed by atoms with Crippen LogP contribution in [-0.4, -0.2) is 0 Å². The molecule has 0 bridgehead atoms. The first-order valence-corrected chi connectivity index (χ1v) is 17.0. The molecule has 0 aliphatic heterocycles. The van der Waals surface area contributed by atoms with Crippen LogP contribution in [-0.2, 0) is 16.2 Å². The molecule has 242 valence electrons. The van der Waals surface area contributed by atoms with Gasteiger partial charge in [-0.05, 0) is 78.3 Å². The van der Waals surface area contributed by atoms with E-state index in [1.807, 2.05) is 0 Å². The molecule has 0 nitrogen and oxygen atoms in total. The van der Waals surface area contributed by atoms with Crippen molar-refractivity contribution in [1.82, 2.24) is 0 Å². The van der Waals surface area contributed by atoms with Gasteiger partial charge in [-0.25, -0.2) is 0 Å². The lowest BCUT2D eigenvalue weighted by Crippen LogP contribution is -2.54. The van der Waals surface area contributed by atoms with E-state index in [-0.39, 0.29) is 48.7 Å². The summed E-state index contributed by atoms with van der Waals surface area (Å²) in [6, 6.07) is 7.67. The maximum absolute atomic E-state index is 2.59. The number of benzene rings is 1. The van der Waals surface area contributed by atoms with Crippen molar-refractivity contribution in [2.45, 2.75) is 174 Å². The number of hydrogen-bond donors (Lipinski definition) is 0. The largest absolute Gasteiger partial charge is 0.0883 e. The fourth-order valence-electron chi connectivity index (χ4n) is 6.92. The second-order valence-electron chi connectivity index (χ2n) is 18.9. The lowest BCUT2D eigenvalue weighted by atomic mass is 9.45. The lowest BCUT2D eigenvalue weighted by Gasteiger charge is -2.59. The molecular weight excluding hydrogens is 504 g/mol. The molecule has 0 spiro atoms. The summed E-state index contributed by atoms with van der Waals surface area (Å²) in [5.74, 6) is 0. The zero-order valence-corrected chi connectivity index (χ0v) is 32.5. The van der Waals surface area contributed by atoms with E-state index in [0.717, 1.165) is 12.8 Å². The Labute approximate surface area is 265 Å². The fourth-order valence-corrected chi connectivity index (χ4v) is 6.92. The molecule has 0 radical (unpaired) electrons. The highest BCUT2D eigenvalue weighted by Gasteiger charge is 2.56. The van der Waals surface area contributed by atoms with Crippen molar-refractivity contribution < 1.29 is 0 Å². The Morgan fingerprint density at radius 3 is 0.905 bits per heavy atom. The van der Waals surface area contributed by atoms with Gasteiger partial charge in [0.1, 0.15) is 0 Å². The summed E-state index contributed by atoms with van der Waals surface area (Å²) in [4.78, 5) is 0. The van der Waals surface area contributed by atoms with Crippen LogP contribution in [0.25, 0.3) is 0 Å². The molecule has 0 amide bonds. The topological polar surface area (TPSA) is 0 Å². The van der Waals surface area contributed by atoms with E-state index in [1.165, 1.54) is 16.7 Å². The van der Waals surface area contributed by atoms with Gasteiger partial charge in [-0.3, -0.25) is 0 Å². The van der Waals surface area contributed by atoms with Crippen LogP contribution in [0.5, 0.6) is 0 Å². The average molecular weight is 579 g/mol. The molecule has 0 heteroatoms. The second kappa shape index (κ2) is 11.9. The second-order valence-corrected chi connectivity index (χ2v) is 18.9. The van der Waals surface area contributed by atoms with Crippen LogP contribution in [0.1, 0.15) is 175 Å². The van der Waals surface area contributed by atoms with Crippen LogP contribution in [0.4, 0.5) is 0 Å². The van der Waals surface area contributed by atoms with Gasteiger partial charge in [0.05, 0.1) is 0 Å². The Hall–Kier alpha value is -1.30. The van der Waals surface area contributed by atoms with Crippen molar-refractivity contribution in [3.63, 3.8) is 0 Å². The molecule has 0 N–H and O–H groups in total. The molecular formula is C42H74. The van der Waals surface area contributed by atoms with Crippen molar-refractivity contribution in [2.75, 3.05) is 0 Å². The first-order chi connectivity index (χ1) is 18.4. The van der Waals surface area contributed by atoms with Crippen molar-refractivity contribution >= 4 is 0 Å². The molecule has 0 fully saturated rings. The van der Waals surface area contributed by atoms with Gasteiger partial charge in [-0.2, -0.15) is 0 Å².